The number of carboxylic acid groups (broad SMARTS) is 1. The molecular formula is C12H18N4O3S. The Bertz CT molecular complexity index is 499. The van der Waals surface area contributed by atoms with Crippen LogP contribution in [0.25, 0.3) is 0 Å². The van der Waals surface area contributed by atoms with Crippen LogP contribution in [0.5, 0.6) is 0 Å². The highest BCUT2D eigenvalue weighted by atomic mass is 32.2. The number of hydrogen-bond donors (Lipinski definition) is 2. The topological polar surface area (TPSA) is 91.5 Å². The molecule has 0 saturated carbocycles. The zero-order chi connectivity index (χ0) is 14.1. The first-order chi connectivity index (χ1) is 9.69. The van der Waals surface area contributed by atoms with Crippen LogP contribution in [-0.2, 0) is 11.4 Å². The molecule has 1 atom stereocenters. The van der Waals surface area contributed by atoms with Crippen molar-refractivity contribution < 1.29 is 15.0 Å². The summed E-state index contributed by atoms with van der Waals surface area (Å²) in [6.45, 7) is 3.05. The van der Waals surface area contributed by atoms with Crippen LogP contribution in [0.1, 0.15) is 24.7 Å². The van der Waals surface area contributed by atoms with Crippen molar-refractivity contribution >= 4 is 17.7 Å². The van der Waals surface area contributed by atoms with E-state index in [1.165, 1.54) is 11.8 Å². The fourth-order valence-corrected chi connectivity index (χ4v) is 3.93. The molecule has 110 valence electrons. The Morgan fingerprint density at radius 2 is 2.10 bits per heavy atom. The molecule has 3 aliphatic heterocycles. The molecule has 2 bridgehead atoms. The fraction of sp³-hybridized carbons (Fsp3) is 0.750. The van der Waals surface area contributed by atoms with Crippen molar-refractivity contribution in [2.75, 3.05) is 25.4 Å². The maximum absolute atomic E-state index is 10.7. The van der Waals surface area contributed by atoms with Gasteiger partial charge in [-0.05, 0) is 31.8 Å². The van der Waals surface area contributed by atoms with Gasteiger partial charge < -0.3 is 15.1 Å². The molecule has 1 aromatic heterocycles. The van der Waals surface area contributed by atoms with Gasteiger partial charge in [-0.2, -0.15) is 0 Å². The SMILES string of the molecule is O=C(O)CSc1nnc(CO)n1C1CN2CCC1CC2. The molecule has 4 heterocycles. The van der Waals surface area contributed by atoms with Gasteiger partial charge in [-0.25, -0.2) is 0 Å². The first-order valence-corrected chi connectivity index (χ1v) is 7.79. The van der Waals surface area contributed by atoms with Crippen molar-refractivity contribution in [3.8, 4) is 0 Å². The van der Waals surface area contributed by atoms with Crippen molar-refractivity contribution in [2.24, 2.45) is 5.92 Å². The van der Waals surface area contributed by atoms with Crippen molar-refractivity contribution in [2.45, 2.75) is 30.6 Å². The van der Waals surface area contributed by atoms with Gasteiger partial charge in [0.25, 0.3) is 0 Å². The number of piperidine rings is 3. The summed E-state index contributed by atoms with van der Waals surface area (Å²) < 4.78 is 1.96. The molecule has 0 aromatic carbocycles. The number of hydrogen-bond acceptors (Lipinski definition) is 6. The Morgan fingerprint density at radius 3 is 2.65 bits per heavy atom. The summed E-state index contributed by atoms with van der Waals surface area (Å²) in [7, 11) is 0. The number of aliphatic carboxylic acids is 1. The lowest BCUT2D eigenvalue weighted by molar-refractivity contribution is -0.133. The molecule has 1 unspecified atom stereocenters. The summed E-state index contributed by atoms with van der Waals surface area (Å²) in [4.78, 5) is 13.1. The van der Waals surface area contributed by atoms with Crippen LogP contribution in [0.2, 0.25) is 0 Å². The Balaban J connectivity index is 1.86. The highest BCUT2D eigenvalue weighted by molar-refractivity contribution is 7.99. The van der Waals surface area contributed by atoms with Crippen molar-refractivity contribution in [3.63, 3.8) is 0 Å². The zero-order valence-corrected chi connectivity index (χ0v) is 11.9. The second kappa shape index (κ2) is 5.71. The molecule has 8 heteroatoms. The van der Waals surface area contributed by atoms with Gasteiger partial charge >= 0.3 is 5.97 Å². The summed E-state index contributed by atoms with van der Waals surface area (Å²) in [5.74, 6) is 0.205. The molecule has 0 spiro atoms. The fourth-order valence-electron chi connectivity index (χ4n) is 3.20. The van der Waals surface area contributed by atoms with Crippen molar-refractivity contribution in [1.82, 2.24) is 19.7 Å². The summed E-state index contributed by atoms with van der Waals surface area (Å²) in [5.41, 5.74) is 0. The number of aliphatic hydroxyl groups excluding tert-OH is 1. The number of thioether (sulfide) groups is 1. The average molecular weight is 298 g/mol. The third-order valence-electron chi connectivity index (χ3n) is 4.15. The number of rotatable bonds is 5. The van der Waals surface area contributed by atoms with E-state index in [4.69, 9.17) is 5.11 Å². The van der Waals surface area contributed by atoms with Crippen LogP contribution >= 0.6 is 11.8 Å². The van der Waals surface area contributed by atoms with Gasteiger partial charge in [0.1, 0.15) is 6.61 Å². The van der Waals surface area contributed by atoms with Crippen molar-refractivity contribution in [3.05, 3.63) is 5.82 Å². The smallest absolute Gasteiger partial charge is 0.313 e. The number of carboxylic acids is 1. The second-order valence-corrected chi connectivity index (χ2v) is 6.26. The molecule has 3 fully saturated rings. The molecule has 0 aliphatic carbocycles. The summed E-state index contributed by atoms with van der Waals surface area (Å²) in [6.07, 6.45) is 2.30. The minimum absolute atomic E-state index is 0.0370. The Labute approximate surface area is 121 Å². The maximum atomic E-state index is 10.7. The van der Waals surface area contributed by atoms with Crippen LogP contribution < -0.4 is 0 Å². The lowest BCUT2D eigenvalue weighted by atomic mass is 9.84. The molecule has 4 rings (SSSR count). The van der Waals surface area contributed by atoms with E-state index in [1.54, 1.807) is 0 Å². The third kappa shape index (κ3) is 2.55. The molecule has 2 N–H and O–H groups in total. The molecule has 0 amide bonds. The minimum Gasteiger partial charge on any atom is -0.481 e. The highest BCUT2D eigenvalue weighted by Crippen LogP contribution is 2.38. The van der Waals surface area contributed by atoms with E-state index in [-0.39, 0.29) is 18.4 Å². The molecule has 7 nitrogen and oxygen atoms in total. The Morgan fingerprint density at radius 1 is 1.35 bits per heavy atom. The largest absolute Gasteiger partial charge is 0.481 e. The summed E-state index contributed by atoms with van der Waals surface area (Å²) in [5, 5.41) is 26.9. The van der Waals surface area contributed by atoms with E-state index in [0.717, 1.165) is 32.5 Å². The van der Waals surface area contributed by atoms with E-state index in [2.05, 4.69) is 15.1 Å². The average Bonchev–Trinajstić information content (AvgIpc) is 2.89. The first-order valence-electron chi connectivity index (χ1n) is 6.80. The number of fused-ring (bicyclic) bond motifs is 3. The Kier molecular flexibility index (Phi) is 3.95. The van der Waals surface area contributed by atoms with E-state index >= 15 is 0 Å². The van der Waals surface area contributed by atoms with Gasteiger partial charge in [0, 0.05) is 6.54 Å². The lowest BCUT2D eigenvalue weighted by Crippen LogP contribution is -2.48. The Hall–Kier alpha value is -1.12. The quantitative estimate of drug-likeness (QED) is 0.751. The summed E-state index contributed by atoms with van der Waals surface area (Å²) in [6, 6.07) is 0.256. The zero-order valence-electron chi connectivity index (χ0n) is 11.1. The van der Waals surface area contributed by atoms with E-state index in [0.29, 0.717) is 16.9 Å². The number of nitrogens with zero attached hydrogens (tertiary/aromatic N) is 4. The third-order valence-corrected chi connectivity index (χ3v) is 5.08. The van der Waals surface area contributed by atoms with Crippen LogP contribution in [-0.4, -0.2) is 61.2 Å². The van der Waals surface area contributed by atoms with Gasteiger partial charge in [0.05, 0.1) is 11.8 Å². The predicted molar refractivity (Wildman–Crippen MR) is 72.5 cm³/mol. The highest BCUT2D eigenvalue weighted by Gasteiger charge is 2.37. The van der Waals surface area contributed by atoms with Crippen LogP contribution in [0.4, 0.5) is 0 Å². The summed E-state index contributed by atoms with van der Waals surface area (Å²) >= 11 is 1.17. The second-order valence-electron chi connectivity index (χ2n) is 5.31. The molecule has 1 aromatic rings. The maximum Gasteiger partial charge on any atom is 0.313 e. The lowest BCUT2D eigenvalue weighted by Gasteiger charge is -2.45. The monoisotopic (exact) mass is 298 g/mol. The normalized spacial score (nSPS) is 28.8. The van der Waals surface area contributed by atoms with Gasteiger partial charge in [-0.15, -0.1) is 10.2 Å². The molecule has 20 heavy (non-hydrogen) atoms. The van der Waals surface area contributed by atoms with Gasteiger partial charge in [-0.3, -0.25) is 9.36 Å². The number of aliphatic hydroxyl groups is 1. The van der Waals surface area contributed by atoms with Gasteiger partial charge in [-0.1, -0.05) is 11.8 Å². The predicted octanol–water partition coefficient (Wildman–Crippen LogP) is 0.214. The van der Waals surface area contributed by atoms with Crippen LogP contribution in [0.3, 0.4) is 0 Å². The van der Waals surface area contributed by atoms with Crippen LogP contribution in [0, 0.1) is 5.92 Å². The standard InChI is InChI=1S/C12H18N4O3S/c17-6-10-13-14-12(20-7-11(18)19)16(10)9-5-15-3-1-8(9)2-4-15/h8-9,17H,1-7H2,(H,18,19). The van der Waals surface area contributed by atoms with Gasteiger partial charge in [0.2, 0.25) is 0 Å². The molecular weight excluding hydrogens is 280 g/mol. The van der Waals surface area contributed by atoms with E-state index < -0.39 is 5.97 Å². The molecule has 0 radical (unpaired) electrons. The van der Waals surface area contributed by atoms with E-state index in [9.17, 15) is 9.90 Å². The van der Waals surface area contributed by atoms with Crippen LogP contribution in [0.15, 0.2) is 5.16 Å². The first kappa shape index (κ1) is 13.8. The van der Waals surface area contributed by atoms with Gasteiger partial charge in [0.15, 0.2) is 11.0 Å². The minimum atomic E-state index is -0.871. The molecule has 3 saturated heterocycles. The van der Waals surface area contributed by atoms with Crippen molar-refractivity contribution in [1.29, 1.82) is 0 Å². The van der Waals surface area contributed by atoms with E-state index in [1.807, 2.05) is 4.57 Å². The molecule has 3 aliphatic rings. The number of aromatic nitrogens is 3. The number of carbonyl (C=O) groups is 1.